The fourth-order valence-corrected chi connectivity index (χ4v) is 2.60. The van der Waals surface area contributed by atoms with E-state index in [-0.39, 0.29) is 42.8 Å². The van der Waals surface area contributed by atoms with Crippen LogP contribution >= 0.6 is 0 Å². The summed E-state index contributed by atoms with van der Waals surface area (Å²) < 4.78 is 0. The SMILES string of the molecule is CC(C)NC(=O)CCNC(=O)NCc1cccc(NC(=O)C2CCC2)c1. The fourth-order valence-electron chi connectivity index (χ4n) is 2.60. The lowest BCUT2D eigenvalue weighted by atomic mass is 9.85. The van der Waals surface area contributed by atoms with Gasteiger partial charge in [-0.05, 0) is 44.4 Å². The summed E-state index contributed by atoms with van der Waals surface area (Å²) in [6, 6.07) is 7.19. The lowest BCUT2D eigenvalue weighted by molar-refractivity contribution is -0.122. The minimum absolute atomic E-state index is 0.0683. The molecule has 0 heterocycles. The largest absolute Gasteiger partial charge is 0.354 e. The van der Waals surface area contributed by atoms with Gasteiger partial charge in [-0.2, -0.15) is 0 Å². The third kappa shape index (κ3) is 6.74. The van der Waals surface area contributed by atoms with Crippen molar-refractivity contribution in [3.63, 3.8) is 0 Å². The van der Waals surface area contributed by atoms with E-state index in [1.807, 2.05) is 38.1 Å². The van der Waals surface area contributed by atoms with Crippen LogP contribution in [0, 0.1) is 5.92 Å². The first-order valence-electron chi connectivity index (χ1n) is 9.15. The van der Waals surface area contributed by atoms with Gasteiger partial charge in [0.1, 0.15) is 0 Å². The molecule has 7 heteroatoms. The van der Waals surface area contributed by atoms with Crippen LogP contribution in [0.15, 0.2) is 24.3 Å². The van der Waals surface area contributed by atoms with E-state index in [0.29, 0.717) is 6.54 Å². The van der Waals surface area contributed by atoms with Crippen molar-refractivity contribution in [1.82, 2.24) is 16.0 Å². The molecule has 4 amide bonds. The van der Waals surface area contributed by atoms with Crippen LogP contribution in [-0.4, -0.2) is 30.4 Å². The first-order valence-corrected chi connectivity index (χ1v) is 9.15. The van der Waals surface area contributed by atoms with Crippen LogP contribution in [0.3, 0.4) is 0 Å². The Balaban J connectivity index is 1.69. The minimum atomic E-state index is -0.328. The van der Waals surface area contributed by atoms with E-state index in [1.165, 1.54) is 0 Å². The van der Waals surface area contributed by atoms with E-state index in [2.05, 4.69) is 21.3 Å². The van der Waals surface area contributed by atoms with Crippen LogP contribution < -0.4 is 21.3 Å². The minimum Gasteiger partial charge on any atom is -0.354 e. The lowest BCUT2D eigenvalue weighted by Crippen LogP contribution is -2.38. The molecule has 0 bridgehead atoms. The topological polar surface area (TPSA) is 99.3 Å². The highest BCUT2D eigenvalue weighted by atomic mass is 16.2. The Morgan fingerprint density at radius 1 is 1.15 bits per heavy atom. The number of nitrogens with one attached hydrogen (secondary N) is 4. The van der Waals surface area contributed by atoms with E-state index in [0.717, 1.165) is 30.5 Å². The molecule has 142 valence electrons. The third-order valence-electron chi connectivity index (χ3n) is 4.21. The Hall–Kier alpha value is -2.57. The molecule has 4 N–H and O–H groups in total. The molecule has 1 aliphatic rings. The number of hydrogen-bond donors (Lipinski definition) is 4. The standard InChI is InChI=1S/C19H28N4O3/c1-13(2)22-17(24)9-10-20-19(26)21-12-14-5-3-8-16(11-14)23-18(25)15-6-4-7-15/h3,5,8,11,13,15H,4,6-7,9-10,12H2,1-2H3,(H,22,24)(H,23,25)(H2,20,21,26). The number of hydrogen-bond acceptors (Lipinski definition) is 3. The van der Waals surface area contributed by atoms with Crippen LogP contribution in [0.5, 0.6) is 0 Å². The van der Waals surface area contributed by atoms with Gasteiger partial charge in [0, 0.05) is 37.2 Å². The highest BCUT2D eigenvalue weighted by molar-refractivity contribution is 5.93. The molecule has 0 aliphatic heterocycles. The van der Waals surface area contributed by atoms with E-state index < -0.39 is 0 Å². The van der Waals surface area contributed by atoms with Crippen molar-refractivity contribution in [2.75, 3.05) is 11.9 Å². The van der Waals surface area contributed by atoms with E-state index in [9.17, 15) is 14.4 Å². The zero-order valence-corrected chi connectivity index (χ0v) is 15.4. The zero-order valence-electron chi connectivity index (χ0n) is 15.4. The molecule has 1 saturated carbocycles. The van der Waals surface area contributed by atoms with Gasteiger partial charge in [-0.25, -0.2) is 4.79 Å². The molecule has 1 aliphatic carbocycles. The van der Waals surface area contributed by atoms with Gasteiger partial charge in [-0.1, -0.05) is 18.6 Å². The molecule has 1 fully saturated rings. The average molecular weight is 360 g/mol. The van der Waals surface area contributed by atoms with Crippen molar-refractivity contribution >= 4 is 23.5 Å². The number of anilines is 1. The monoisotopic (exact) mass is 360 g/mol. The number of carbonyl (C=O) groups is 3. The van der Waals surface area contributed by atoms with Gasteiger partial charge in [0.2, 0.25) is 11.8 Å². The summed E-state index contributed by atoms with van der Waals surface area (Å²) >= 11 is 0. The number of amides is 4. The predicted octanol–water partition coefficient (Wildman–Crippen LogP) is 2.14. The Kier molecular flexibility index (Phi) is 7.44. The van der Waals surface area contributed by atoms with Gasteiger partial charge in [-0.3, -0.25) is 9.59 Å². The van der Waals surface area contributed by atoms with Gasteiger partial charge in [-0.15, -0.1) is 0 Å². The molecule has 0 spiro atoms. The molecule has 0 radical (unpaired) electrons. The molecule has 0 aromatic heterocycles. The summed E-state index contributed by atoms with van der Waals surface area (Å²) in [4.78, 5) is 35.3. The van der Waals surface area contributed by atoms with Gasteiger partial charge in [0.15, 0.2) is 0 Å². The van der Waals surface area contributed by atoms with Gasteiger partial charge < -0.3 is 21.3 Å². The average Bonchev–Trinajstić information content (AvgIpc) is 2.50. The fraction of sp³-hybridized carbons (Fsp3) is 0.526. The first-order chi connectivity index (χ1) is 12.4. The molecule has 7 nitrogen and oxygen atoms in total. The molecule has 0 unspecified atom stereocenters. The summed E-state index contributed by atoms with van der Waals surface area (Å²) in [6.07, 6.45) is 3.29. The molecule has 1 aromatic rings. The summed E-state index contributed by atoms with van der Waals surface area (Å²) in [5.74, 6) is 0.115. The first kappa shape index (κ1) is 19.8. The Bertz CT molecular complexity index is 641. The van der Waals surface area contributed by atoms with Crippen molar-refractivity contribution in [3.05, 3.63) is 29.8 Å². The number of benzene rings is 1. The van der Waals surface area contributed by atoms with Gasteiger partial charge in [0.25, 0.3) is 0 Å². The Labute approximate surface area is 154 Å². The normalized spacial score (nSPS) is 13.7. The molecular weight excluding hydrogens is 332 g/mol. The molecule has 2 rings (SSSR count). The van der Waals surface area contributed by atoms with Crippen LogP contribution in [0.2, 0.25) is 0 Å². The van der Waals surface area contributed by atoms with Crippen molar-refractivity contribution in [2.45, 2.75) is 52.1 Å². The van der Waals surface area contributed by atoms with Crippen LogP contribution in [-0.2, 0) is 16.1 Å². The lowest BCUT2D eigenvalue weighted by Gasteiger charge is -2.24. The number of urea groups is 1. The summed E-state index contributed by atoms with van der Waals surface area (Å²) in [6.45, 7) is 4.40. The molecule has 0 saturated heterocycles. The van der Waals surface area contributed by atoms with Crippen LogP contribution in [0.4, 0.5) is 10.5 Å². The quantitative estimate of drug-likeness (QED) is 0.571. The second kappa shape index (κ2) is 9.79. The maximum Gasteiger partial charge on any atom is 0.315 e. The van der Waals surface area contributed by atoms with Gasteiger partial charge >= 0.3 is 6.03 Å². The zero-order chi connectivity index (χ0) is 18.9. The second-order valence-corrected chi connectivity index (χ2v) is 6.90. The predicted molar refractivity (Wildman–Crippen MR) is 101 cm³/mol. The summed E-state index contributed by atoms with van der Waals surface area (Å²) in [5, 5.41) is 11.1. The van der Waals surface area contributed by atoms with Crippen molar-refractivity contribution in [1.29, 1.82) is 0 Å². The molecule has 26 heavy (non-hydrogen) atoms. The van der Waals surface area contributed by atoms with Crippen LogP contribution in [0.25, 0.3) is 0 Å². The van der Waals surface area contributed by atoms with E-state index in [1.54, 1.807) is 0 Å². The van der Waals surface area contributed by atoms with Crippen molar-refractivity contribution in [2.24, 2.45) is 5.92 Å². The molecular formula is C19H28N4O3. The summed E-state index contributed by atoms with van der Waals surface area (Å²) in [7, 11) is 0. The smallest absolute Gasteiger partial charge is 0.315 e. The highest BCUT2D eigenvalue weighted by Gasteiger charge is 2.25. The van der Waals surface area contributed by atoms with Crippen molar-refractivity contribution in [3.8, 4) is 0 Å². The van der Waals surface area contributed by atoms with E-state index in [4.69, 9.17) is 0 Å². The molecule has 0 atom stereocenters. The van der Waals surface area contributed by atoms with Crippen molar-refractivity contribution < 1.29 is 14.4 Å². The highest BCUT2D eigenvalue weighted by Crippen LogP contribution is 2.27. The van der Waals surface area contributed by atoms with Gasteiger partial charge in [0.05, 0.1) is 0 Å². The Morgan fingerprint density at radius 3 is 2.58 bits per heavy atom. The number of carbonyl (C=O) groups excluding carboxylic acids is 3. The van der Waals surface area contributed by atoms with E-state index >= 15 is 0 Å². The second-order valence-electron chi connectivity index (χ2n) is 6.90. The Morgan fingerprint density at radius 2 is 1.92 bits per heavy atom. The maximum absolute atomic E-state index is 12.0. The maximum atomic E-state index is 12.0. The number of rotatable bonds is 8. The van der Waals surface area contributed by atoms with Crippen LogP contribution in [0.1, 0.15) is 45.1 Å². The third-order valence-corrected chi connectivity index (χ3v) is 4.21. The molecule has 1 aromatic carbocycles. The summed E-state index contributed by atoms with van der Waals surface area (Å²) in [5.41, 5.74) is 1.64.